The zero-order valence-electron chi connectivity index (χ0n) is 21.4. The minimum Gasteiger partial charge on any atom is -0.460 e. The van der Waals surface area contributed by atoms with Crippen molar-refractivity contribution in [2.75, 3.05) is 32.8 Å². The van der Waals surface area contributed by atoms with E-state index in [1.807, 2.05) is 12.2 Å². The van der Waals surface area contributed by atoms with Crippen LogP contribution in [0.15, 0.2) is 22.7 Å². The Morgan fingerprint density at radius 1 is 1.16 bits per heavy atom. The molecule has 4 rings (SSSR count). The number of ether oxygens (including phenoxy) is 2. The molecule has 10 nitrogen and oxygen atoms in total. The Labute approximate surface area is 225 Å². The van der Waals surface area contributed by atoms with Gasteiger partial charge in [-0.2, -0.15) is 0 Å². The van der Waals surface area contributed by atoms with Crippen LogP contribution < -0.4 is 5.32 Å². The average Bonchev–Trinajstić information content (AvgIpc) is 3.44. The van der Waals surface area contributed by atoms with Crippen molar-refractivity contribution in [3.05, 3.63) is 22.7 Å². The highest BCUT2D eigenvalue weighted by molar-refractivity contribution is 9.11. The number of aliphatic hydroxyl groups is 1. The molecule has 1 spiro atoms. The molecule has 204 valence electrons. The Morgan fingerprint density at radius 2 is 1.95 bits per heavy atom. The standard InChI is InChI=1S/C26H36BrN3O7/c1-3-4-7-10-29-11-8-5-6-9-18(32)28-15-16(2)36-25(35)19-20-23(33)30(12-13-31)22(24(29)34)26(20)14-17(27)21(19)37-26/h5,8,14,16,19-22,31H,3-4,6-7,9-13,15H2,1-2H3,(H,28,32)/b8-5-/t16-,19+,20-,21+,22+,26-/m0/s1. The highest BCUT2D eigenvalue weighted by atomic mass is 79.9. The molecule has 0 aromatic carbocycles. The van der Waals surface area contributed by atoms with Crippen LogP contribution in [0.3, 0.4) is 0 Å². The van der Waals surface area contributed by atoms with Crippen molar-refractivity contribution in [3.8, 4) is 0 Å². The Bertz CT molecular complexity index is 985. The first-order valence-corrected chi connectivity index (χ1v) is 13.9. The number of aliphatic hydroxyl groups excluding tert-OH is 1. The third-order valence-corrected chi connectivity index (χ3v) is 8.23. The second-order valence-corrected chi connectivity index (χ2v) is 11.1. The summed E-state index contributed by atoms with van der Waals surface area (Å²) in [5, 5.41) is 12.5. The number of esters is 1. The zero-order valence-corrected chi connectivity index (χ0v) is 22.9. The van der Waals surface area contributed by atoms with E-state index in [2.05, 4.69) is 28.2 Å². The average molecular weight is 582 g/mol. The first kappa shape index (κ1) is 27.8. The molecular weight excluding hydrogens is 546 g/mol. The molecule has 6 atom stereocenters. The molecule has 4 heterocycles. The number of nitrogens with one attached hydrogen (secondary N) is 1. The van der Waals surface area contributed by atoms with Crippen molar-refractivity contribution in [1.82, 2.24) is 15.1 Å². The number of carbonyl (C=O) groups is 4. The fraction of sp³-hybridized carbons (Fsp3) is 0.692. The van der Waals surface area contributed by atoms with E-state index < -0.39 is 47.6 Å². The monoisotopic (exact) mass is 581 g/mol. The van der Waals surface area contributed by atoms with Crippen molar-refractivity contribution < 1.29 is 33.8 Å². The van der Waals surface area contributed by atoms with Gasteiger partial charge in [0.05, 0.1) is 19.1 Å². The molecule has 37 heavy (non-hydrogen) atoms. The van der Waals surface area contributed by atoms with E-state index in [1.54, 1.807) is 17.9 Å². The quantitative estimate of drug-likeness (QED) is 0.275. The summed E-state index contributed by atoms with van der Waals surface area (Å²) in [5.74, 6) is -3.36. The Hall–Kier alpha value is -2.24. The number of carbonyl (C=O) groups excluding carboxylic acids is 4. The van der Waals surface area contributed by atoms with Gasteiger partial charge >= 0.3 is 5.97 Å². The number of halogens is 1. The predicted octanol–water partition coefficient (Wildman–Crippen LogP) is 1.27. The van der Waals surface area contributed by atoms with Crippen LogP contribution in [0, 0.1) is 11.8 Å². The number of amides is 3. The van der Waals surface area contributed by atoms with Crippen molar-refractivity contribution in [3.63, 3.8) is 0 Å². The molecule has 2 saturated heterocycles. The molecule has 0 aromatic heterocycles. The van der Waals surface area contributed by atoms with Gasteiger partial charge < -0.3 is 29.7 Å². The number of nitrogens with zero attached hydrogens (tertiary/aromatic N) is 2. The van der Waals surface area contributed by atoms with E-state index >= 15 is 0 Å². The lowest BCUT2D eigenvalue weighted by Crippen LogP contribution is -2.56. The number of fused-ring (bicyclic) bond motifs is 2. The number of β-amino-alcohol motifs (C(OH)–C–C–N with tert-alkyl or cyclic N) is 1. The SMILES string of the molecule is CCCCCN1C/C=C\CCC(=O)NC[C@H](C)OC(=O)[C@H]2[C@@H]3O[C@@]4(C=C3Br)[C@@H]2C(=O)N(CCO)[C@@H]4C1=O. The maximum absolute atomic E-state index is 14.2. The van der Waals surface area contributed by atoms with Gasteiger partial charge in [-0.3, -0.25) is 19.2 Å². The Kier molecular flexibility index (Phi) is 8.75. The normalized spacial score (nSPS) is 35.4. The summed E-state index contributed by atoms with van der Waals surface area (Å²) in [7, 11) is 0. The molecule has 5 bridgehead atoms. The fourth-order valence-electron chi connectivity index (χ4n) is 5.83. The Balaban J connectivity index is 1.74. The summed E-state index contributed by atoms with van der Waals surface area (Å²) < 4.78 is 12.6. The maximum atomic E-state index is 14.2. The molecule has 0 aromatic rings. The zero-order chi connectivity index (χ0) is 26.7. The van der Waals surface area contributed by atoms with Gasteiger partial charge in [-0.25, -0.2) is 0 Å². The van der Waals surface area contributed by atoms with Gasteiger partial charge in [0.25, 0.3) is 0 Å². The molecular formula is C26H36BrN3O7. The van der Waals surface area contributed by atoms with E-state index in [1.165, 1.54) is 4.90 Å². The van der Waals surface area contributed by atoms with Gasteiger partial charge in [0.15, 0.2) is 0 Å². The molecule has 2 N–H and O–H groups in total. The minimum absolute atomic E-state index is 0.0458. The predicted molar refractivity (Wildman–Crippen MR) is 137 cm³/mol. The number of hydrogen-bond donors (Lipinski definition) is 2. The van der Waals surface area contributed by atoms with Gasteiger partial charge in [0.2, 0.25) is 17.7 Å². The maximum Gasteiger partial charge on any atom is 0.313 e. The molecule has 0 radical (unpaired) electrons. The first-order valence-electron chi connectivity index (χ1n) is 13.1. The van der Waals surface area contributed by atoms with Gasteiger partial charge in [-0.1, -0.05) is 47.8 Å². The van der Waals surface area contributed by atoms with Crippen LogP contribution in [0.1, 0.15) is 46.0 Å². The smallest absolute Gasteiger partial charge is 0.313 e. The summed E-state index contributed by atoms with van der Waals surface area (Å²) >= 11 is 3.50. The van der Waals surface area contributed by atoms with E-state index in [-0.39, 0.29) is 37.9 Å². The lowest BCUT2D eigenvalue weighted by atomic mass is 9.74. The molecule has 0 unspecified atom stereocenters. The van der Waals surface area contributed by atoms with Gasteiger partial charge in [0.1, 0.15) is 29.8 Å². The fourth-order valence-corrected chi connectivity index (χ4v) is 6.57. The lowest BCUT2D eigenvalue weighted by Gasteiger charge is -2.35. The molecule has 4 aliphatic rings. The van der Waals surface area contributed by atoms with Crippen LogP contribution in [0.4, 0.5) is 0 Å². The van der Waals surface area contributed by atoms with Crippen LogP contribution in [0.2, 0.25) is 0 Å². The second-order valence-electron chi connectivity index (χ2n) is 10.1. The number of allylic oxidation sites excluding steroid dienone is 1. The lowest BCUT2D eigenvalue weighted by molar-refractivity contribution is -0.158. The molecule has 0 saturated carbocycles. The van der Waals surface area contributed by atoms with Gasteiger partial charge in [-0.15, -0.1) is 0 Å². The highest BCUT2D eigenvalue weighted by Gasteiger charge is 2.74. The number of cyclic esters (lactones) is 1. The van der Waals surface area contributed by atoms with Crippen LogP contribution in [0.5, 0.6) is 0 Å². The van der Waals surface area contributed by atoms with E-state index in [0.29, 0.717) is 24.0 Å². The summed E-state index contributed by atoms with van der Waals surface area (Å²) in [4.78, 5) is 56.6. The van der Waals surface area contributed by atoms with Crippen molar-refractivity contribution in [2.24, 2.45) is 11.8 Å². The highest BCUT2D eigenvalue weighted by Crippen LogP contribution is 2.58. The Morgan fingerprint density at radius 3 is 2.68 bits per heavy atom. The van der Waals surface area contributed by atoms with Crippen molar-refractivity contribution in [2.45, 2.75) is 69.8 Å². The first-order chi connectivity index (χ1) is 17.7. The number of hydrogen-bond acceptors (Lipinski definition) is 7. The number of unbranched alkanes of at least 4 members (excludes halogenated alkanes) is 2. The third-order valence-electron chi connectivity index (χ3n) is 7.55. The van der Waals surface area contributed by atoms with Crippen LogP contribution in [-0.2, 0) is 28.7 Å². The summed E-state index contributed by atoms with van der Waals surface area (Å²) in [6.45, 7) is 4.35. The van der Waals surface area contributed by atoms with Crippen molar-refractivity contribution >= 4 is 39.6 Å². The van der Waals surface area contributed by atoms with E-state index in [4.69, 9.17) is 9.47 Å². The van der Waals surface area contributed by atoms with Gasteiger partial charge in [-0.05, 0) is 25.8 Å². The van der Waals surface area contributed by atoms with Crippen LogP contribution in [-0.4, -0.2) is 95.2 Å². The second kappa shape index (κ2) is 11.7. The molecule has 0 aliphatic carbocycles. The van der Waals surface area contributed by atoms with Crippen LogP contribution in [0.25, 0.3) is 0 Å². The van der Waals surface area contributed by atoms with Crippen LogP contribution >= 0.6 is 15.9 Å². The molecule has 4 aliphatic heterocycles. The third kappa shape index (κ3) is 5.22. The molecule has 2 fully saturated rings. The summed E-state index contributed by atoms with van der Waals surface area (Å²) in [6.07, 6.45) is 7.65. The largest absolute Gasteiger partial charge is 0.460 e. The van der Waals surface area contributed by atoms with E-state index in [0.717, 1.165) is 19.3 Å². The van der Waals surface area contributed by atoms with Crippen molar-refractivity contribution in [1.29, 1.82) is 0 Å². The number of rotatable bonds is 6. The number of likely N-dealkylation sites (tertiary alicyclic amines) is 1. The van der Waals surface area contributed by atoms with Gasteiger partial charge in [0, 0.05) is 30.5 Å². The summed E-state index contributed by atoms with van der Waals surface area (Å²) in [6, 6.07) is -1.01. The van der Waals surface area contributed by atoms with E-state index in [9.17, 15) is 24.3 Å². The summed E-state index contributed by atoms with van der Waals surface area (Å²) in [5.41, 5.74) is -1.34. The minimum atomic E-state index is -1.34. The molecule has 3 amide bonds. The molecule has 11 heteroatoms. The topological polar surface area (TPSA) is 125 Å².